The molecule has 0 saturated carbocycles. The van der Waals surface area contributed by atoms with Gasteiger partial charge in [0.1, 0.15) is 0 Å². The number of rotatable bonds is 0. The quantitative estimate of drug-likeness (QED) is 0.309. The molecule has 0 spiro atoms. The van der Waals surface area contributed by atoms with Crippen LogP contribution >= 0.6 is 0 Å². The van der Waals surface area contributed by atoms with E-state index in [0.29, 0.717) is 13.4 Å². The predicted octanol–water partition coefficient (Wildman–Crippen LogP) is 2.34. The molecule has 0 amide bonds. The second kappa shape index (κ2) is 6.92. The van der Waals surface area contributed by atoms with Crippen LogP contribution in [0.4, 0.5) is 0 Å². The minimum atomic E-state index is 0.352. The lowest BCUT2D eigenvalue weighted by Crippen LogP contribution is -2.65. The van der Waals surface area contributed by atoms with Crippen molar-refractivity contribution in [1.82, 2.24) is 0 Å². The third-order valence-corrected chi connectivity index (χ3v) is 9.43. The van der Waals surface area contributed by atoms with E-state index >= 15 is 0 Å². The fourth-order valence-electron chi connectivity index (χ4n) is 8.00. The summed E-state index contributed by atoms with van der Waals surface area (Å²) in [5, 5.41) is 0. The summed E-state index contributed by atoms with van der Waals surface area (Å²) in [6.07, 6.45) is 4.23. The molecule has 0 nitrogen and oxygen atoms in total. The molecule has 0 aromatic heterocycles. The smallest absolute Gasteiger partial charge is 0.0711 e. The third-order valence-electron chi connectivity index (χ3n) is 9.43. The maximum atomic E-state index is 2.64. The maximum absolute atomic E-state index is 2.64. The molecular formula is C34H24B2. The average Bonchev–Trinajstić information content (AvgIpc) is 2.92. The summed E-state index contributed by atoms with van der Waals surface area (Å²) < 4.78 is 0. The van der Waals surface area contributed by atoms with Crippen molar-refractivity contribution in [1.29, 1.82) is 0 Å². The number of hydrogen-bond donors (Lipinski definition) is 0. The fraction of sp³-hybridized carbons (Fsp3) is 0.118. The van der Waals surface area contributed by atoms with Crippen LogP contribution in [0.5, 0.6) is 0 Å². The SMILES string of the molecule is c1ccc2c(c1)Cc1cccc3c1B2c1cc2c(cc1C3)Cc1cccc3c1B2c1ccccc1C3. The van der Waals surface area contributed by atoms with Gasteiger partial charge in [-0.25, -0.2) is 0 Å². The van der Waals surface area contributed by atoms with Crippen LogP contribution in [0.1, 0.15) is 44.5 Å². The lowest BCUT2D eigenvalue weighted by atomic mass is 9.27. The van der Waals surface area contributed by atoms with Crippen LogP contribution in [-0.4, -0.2) is 13.4 Å². The van der Waals surface area contributed by atoms with E-state index in [-0.39, 0.29) is 0 Å². The molecule has 0 radical (unpaired) electrons. The first-order chi connectivity index (χ1) is 17.8. The Balaban J connectivity index is 1.33. The largest absolute Gasteiger partial charge is 0.242 e. The summed E-state index contributed by atoms with van der Waals surface area (Å²) in [5.41, 5.74) is 21.4. The van der Waals surface area contributed by atoms with E-state index in [2.05, 4.69) is 97.1 Å². The Morgan fingerprint density at radius 2 is 0.722 bits per heavy atom. The molecule has 0 fully saturated rings. The van der Waals surface area contributed by atoms with E-state index in [0.717, 1.165) is 25.7 Å². The fourth-order valence-corrected chi connectivity index (χ4v) is 8.00. The molecule has 0 unspecified atom stereocenters. The molecule has 5 aromatic rings. The lowest BCUT2D eigenvalue weighted by Gasteiger charge is -2.38. The number of benzene rings is 5. The van der Waals surface area contributed by atoms with Gasteiger partial charge in [0.2, 0.25) is 13.4 Å². The Kier molecular flexibility index (Phi) is 3.73. The molecule has 4 heterocycles. The average molecular weight is 454 g/mol. The maximum Gasteiger partial charge on any atom is 0.242 e. The minimum absolute atomic E-state index is 0.352. The molecule has 0 N–H and O–H groups in total. The zero-order valence-electron chi connectivity index (χ0n) is 20.2. The summed E-state index contributed by atoms with van der Waals surface area (Å²) in [6.45, 7) is 0.705. The van der Waals surface area contributed by atoms with E-state index in [1.165, 1.54) is 55.4 Å². The standard InChI is InChI=1S/C34H24B2/c1-3-13-29-21(7-1)15-23-9-5-11-25-17-27-19-28-18-26-12-6-10-24-16-22-8-2-4-14-30(22)36(34(24)26)32(28)20-31(27)35(29)33(23)25/h1-14,19-20H,15-18H2. The zero-order chi connectivity index (χ0) is 23.4. The van der Waals surface area contributed by atoms with Crippen molar-refractivity contribution in [2.75, 3.05) is 0 Å². The van der Waals surface area contributed by atoms with E-state index in [4.69, 9.17) is 0 Å². The highest BCUT2D eigenvalue weighted by Crippen LogP contribution is 2.26. The summed E-state index contributed by atoms with van der Waals surface area (Å²) in [5.74, 6) is 0. The van der Waals surface area contributed by atoms with Gasteiger partial charge in [-0.1, -0.05) is 130 Å². The predicted molar refractivity (Wildman–Crippen MR) is 153 cm³/mol. The molecule has 0 saturated heterocycles. The Morgan fingerprint density at radius 3 is 1.19 bits per heavy atom. The van der Waals surface area contributed by atoms with Gasteiger partial charge in [0.15, 0.2) is 0 Å². The van der Waals surface area contributed by atoms with Gasteiger partial charge in [0.25, 0.3) is 0 Å². The molecule has 0 atom stereocenters. The first-order valence-electron chi connectivity index (χ1n) is 13.4. The van der Waals surface area contributed by atoms with Gasteiger partial charge in [-0.15, -0.1) is 0 Å². The van der Waals surface area contributed by atoms with Gasteiger partial charge >= 0.3 is 0 Å². The normalized spacial score (nSPS) is 15.2. The molecule has 4 aliphatic heterocycles. The molecular weight excluding hydrogens is 430 g/mol. The van der Waals surface area contributed by atoms with Crippen LogP contribution in [0.25, 0.3) is 0 Å². The van der Waals surface area contributed by atoms with Gasteiger partial charge in [0.05, 0.1) is 0 Å². The van der Waals surface area contributed by atoms with Gasteiger partial charge in [0, 0.05) is 0 Å². The van der Waals surface area contributed by atoms with Crippen LogP contribution < -0.4 is 32.8 Å². The zero-order valence-corrected chi connectivity index (χ0v) is 20.2. The van der Waals surface area contributed by atoms with Crippen molar-refractivity contribution in [3.05, 3.63) is 142 Å². The van der Waals surface area contributed by atoms with Crippen molar-refractivity contribution < 1.29 is 0 Å². The number of fused-ring (bicyclic) bond motifs is 8. The van der Waals surface area contributed by atoms with E-state index in [1.54, 1.807) is 21.9 Å². The van der Waals surface area contributed by atoms with Crippen molar-refractivity contribution in [3.8, 4) is 0 Å². The summed E-state index contributed by atoms with van der Waals surface area (Å²) in [4.78, 5) is 0. The van der Waals surface area contributed by atoms with Gasteiger partial charge in [-0.2, -0.15) is 0 Å². The number of hydrogen-bond acceptors (Lipinski definition) is 0. The molecule has 166 valence electrons. The van der Waals surface area contributed by atoms with Crippen molar-refractivity contribution in [2.45, 2.75) is 25.7 Å². The lowest BCUT2D eigenvalue weighted by molar-refractivity contribution is 1.12. The molecule has 9 rings (SSSR count). The molecule has 0 bridgehead atoms. The Hall–Kier alpha value is -3.77. The summed E-state index contributed by atoms with van der Waals surface area (Å²) in [6, 6.07) is 37.6. The Morgan fingerprint density at radius 1 is 0.333 bits per heavy atom. The van der Waals surface area contributed by atoms with Gasteiger partial charge < -0.3 is 0 Å². The highest BCUT2D eigenvalue weighted by molar-refractivity contribution is 7.00. The second-order valence-electron chi connectivity index (χ2n) is 11.2. The highest BCUT2D eigenvalue weighted by atomic mass is 14.3. The van der Waals surface area contributed by atoms with E-state index in [1.807, 2.05) is 0 Å². The topological polar surface area (TPSA) is 0 Å². The van der Waals surface area contributed by atoms with Gasteiger partial charge in [-0.3, -0.25) is 0 Å². The highest BCUT2D eigenvalue weighted by Gasteiger charge is 2.41. The molecule has 0 aliphatic carbocycles. The Labute approximate surface area is 213 Å². The summed E-state index contributed by atoms with van der Waals surface area (Å²) >= 11 is 0. The second-order valence-corrected chi connectivity index (χ2v) is 11.2. The third kappa shape index (κ3) is 2.47. The molecule has 2 heteroatoms. The summed E-state index contributed by atoms with van der Waals surface area (Å²) in [7, 11) is 0. The van der Waals surface area contributed by atoms with Crippen molar-refractivity contribution >= 4 is 46.2 Å². The van der Waals surface area contributed by atoms with Crippen LogP contribution in [0.15, 0.2) is 97.1 Å². The van der Waals surface area contributed by atoms with Crippen LogP contribution in [-0.2, 0) is 25.7 Å². The molecule has 5 aromatic carbocycles. The van der Waals surface area contributed by atoms with Gasteiger partial charge in [-0.05, 0) is 70.2 Å². The molecule has 4 aliphatic rings. The first-order valence-corrected chi connectivity index (χ1v) is 13.4. The van der Waals surface area contributed by atoms with Crippen LogP contribution in [0.3, 0.4) is 0 Å². The van der Waals surface area contributed by atoms with Crippen molar-refractivity contribution in [2.24, 2.45) is 0 Å². The van der Waals surface area contributed by atoms with Crippen LogP contribution in [0.2, 0.25) is 0 Å². The first kappa shape index (κ1) is 19.4. The van der Waals surface area contributed by atoms with Crippen LogP contribution in [0, 0.1) is 0 Å². The van der Waals surface area contributed by atoms with Crippen molar-refractivity contribution in [3.63, 3.8) is 0 Å². The van der Waals surface area contributed by atoms with E-state index in [9.17, 15) is 0 Å². The monoisotopic (exact) mass is 454 g/mol. The minimum Gasteiger partial charge on any atom is -0.0711 e. The Bertz CT molecular complexity index is 1640. The van der Waals surface area contributed by atoms with E-state index < -0.39 is 0 Å². The molecule has 36 heavy (non-hydrogen) atoms.